The Morgan fingerprint density at radius 3 is 2.63 bits per heavy atom. The van der Waals surface area contributed by atoms with E-state index in [4.69, 9.17) is 11.6 Å². The van der Waals surface area contributed by atoms with Gasteiger partial charge in [-0.2, -0.15) is 13.2 Å². The first-order valence-corrected chi connectivity index (χ1v) is 9.89. The normalized spacial score (nSPS) is 20.3. The Bertz CT molecular complexity index is 775. The summed E-state index contributed by atoms with van der Waals surface area (Å²) in [5, 5.41) is 8.94. The van der Waals surface area contributed by atoms with E-state index in [2.05, 4.69) is 15.6 Å². The maximum atomic E-state index is 12.9. The van der Waals surface area contributed by atoms with E-state index in [-0.39, 0.29) is 16.6 Å². The topological polar surface area (TPSA) is 54.0 Å². The van der Waals surface area contributed by atoms with Crippen LogP contribution < -0.4 is 10.6 Å². The number of hydrogen-bond acceptors (Lipinski definition) is 4. The van der Waals surface area contributed by atoms with Crippen molar-refractivity contribution in [3.63, 3.8) is 0 Å². The number of nitrogens with one attached hydrogen (secondary N) is 2. The quantitative estimate of drug-likeness (QED) is 0.701. The van der Waals surface area contributed by atoms with E-state index in [1.54, 1.807) is 17.5 Å². The standard InChI is InChI=1S/C18H19ClF3N3OS/c19-15-6-3-12(18(20,21)22)9-14(15)16(26)25-13-4-1-11(2-5-13)10-24-17-23-7-8-27-17/h3,6-9,11,13H,1-2,4-5,10H2,(H,23,24)(H,25,26). The minimum absolute atomic E-state index is 0.0156. The monoisotopic (exact) mass is 417 g/mol. The number of anilines is 1. The van der Waals surface area contributed by atoms with Crippen molar-refractivity contribution >= 4 is 34.0 Å². The molecule has 0 aliphatic heterocycles. The molecule has 1 amide bonds. The number of amides is 1. The van der Waals surface area contributed by atoms with E-state index < -0.39 is 17.6 Å². The Morgan fingerprint density at radius 2 is 2.00 bits per heavy atom. The van der Waals surface area contributed by atoms with Crippen molar-refractivity contribution in [3.8, 4) is 0 Å². The smallest absolute Gasteiger partial charge is 0.361 e. The van der Waals surface area contributed by atoms with Crippen molar-refractivity contribution in [2.24, 2.45) is 5.92 Å². The number of aromatic nitrogens is 1. The van der Waals surface area contributed by atoms with Gasteiger partial charge >= 0.3 is 6.18 Å². The SMILES string of the molecule is O=C(NC1CCC(CNc2nccs2)CC1)c1cc(C(F)(F)F)ccc1Cl. The average molecular weight is 418 g/mol. The Balaban J connectivity index is 1.52. The van der Waals surface area contributed by atoms with Gasteiger partial charge in [0.1, 0.15) is 0 Å². The van der Waals surface area contributed by atoms with Gasteiger partial charge in [0.2, 0.25) is 0 Å². The van der Waals surface area contributed by atoms with Crippen LogP contribution in [0.1, 0.15) is 41.6 Å². The molecule has 0 atom stereocenters. The van der Waals surface area contributed by atoms with Crippen molar-refractivity contribution in [2.75, 3.05) is 11.9 Å². The summed E-state index contributed by atoms with van der Waals surface area (Å²) in [6.45, 7) is 0.827. The van der Waals surface area contributed by atoms with E-state index in [1.165, 1.54) is 0 Å². The van der Waals surface area contributed by atoms with E-state index >= 15 is 0 Å². The zero-order valence-corrected chi connectivity index (χ0v) is 15.9. The van der Waals surface area contributed by atoms with E-state index in [0.29, 0.717) is 5.92 Å². The number of halogens is 4. The molecule has 2 N–H and O–H groups in total. The van der Waals surface area contributed by atoms with E-state index in [1.807, 2.05) is 5.38 Å². The summed E-state index contributed by atoms with van der Waals surface area (Å²) >= 11 is 7.48. The van der Waals surface area contributed by atoms with Gasteiger partial charge < -0.3 is 10.6 Å². The molecule has 1 aromatic heterocycles. The number of thiazole rings is 1. The molecule has 0 bridgehead atoms. The highest BCUT2D eigenvalue weighted by Crippen LogP contribution is 2.32. The summed E-state index contributed by atoms with van der Waals surface area (Å²) in [7, 11) is 0. The van der Waals surface area contributed by atoms with Gasteiger partial charge in [-0.3, -0.25) is 4.79 Å². The summed E-state index contributed by atoms with van der Waals surface area (Å²) in [6, 6.07) is 2.74. The lowest BCUT2D eigenvalue weighted by Gasteiger charge is -2.29. The fourth-order valence-electron chi connectivity index (χ4n) is 3.19. The van der Waals surface area contributed by atoms with Gasteiger partial charge in [-0.05, 0) is 49.8 Å². The molecule has 0 unspecified atom stereocenters. The van der Waals surface area contributed by atoms with Gasteiger partial charge in [0.25, 0.3) is 5.91 Å². The first-order chi connectivity index (χ1) is 12.8. The predicted octanol–water partition coefficient (Wildman–Crippen LogP) is 5.22. The maximum Gasteiger partial charge on any atom is 0.416 e. The molecule has 1 aliphatic rings. The summed E-state index contributed by atoms with van der Waals surface area (Å²) in [4.78, 5) is 16.6. The van der Waals surface area contributed by atoms with Crippen LogP contribution >= 0.6 is 22.9 Å². The Morgan fingerprint density at radius 1 is 1.26 bits per heavy atom. The van der Waals surface area contributed by atoms with Crippen LogP contribution in [-0.4, -0.2) is 23.5 Å². The molecular weight excluding hydrogens is 399 g/mol. The molecule has 1 aliphatic carbocycles. The average Bonchev–Trinajstić information content (AvgIpc) is 3.14. The van der Waals surface area contributed by atoms with Crippen LogP contribution in [0.15, 0.2) is 29.8 Å². The largest absolute Gasteiger partial charge is 0.416 e. The van der Waals surface area contributed by atoms with Gasteiger partial charge in [-0.1, -0.05) is 11.6 Å². The van der Waals surface area contributed by atoms with E-state index in [0.717, 1.165) is 55.6 Å². The molecule has 1 heterocycles. The van der Waals surface area contributed by atoms with Crippen LogP contribution in [0, 0.1) is 5.92 Å². The van der Waals surface area contributed by atoms with Gasteiger partial charge in [-0.25, -0.2) is 4.98 Å². The van der Waals surface area contributed by atoms with Crippen molar-refractivity contribution in [3.05, 3.63) is 45.9 Å². The van der Waals surface area contributed by atoms with Crippen molar-refractivity contribution in [2.45, 2.75) is 37.9 Å². The highest BCUT2D eigenvalue weighted by Gasteiger charge is 2.32. The van der Waals surface area contributed by atoms with Crippen molar-refractivity contribution in [1.82, 2.24) is 10.3 Å². The zero-order chi connectivity index (χ0) is 19.4. The lowest BCUT2D eigenvalue weighted by atomic mass is 9.86. The zero-order valence-electron chi connectivity index (χ0n) is 14.4. The van der Waals surface area contributed by atoms with Gasteiger partial charge in [0.15, 0.2) is 5.13 Å². The molecule has 1 fully saturated rings. The number of rotatable bonds is 5. The molecule has 4 nitrogen and oxygen atoms in total. The van der Waals surface area contributed by atoms with Crippen LogP contribution in [0.2, 0.25) is 5.02 Å². The first-order valence-electron chi connectivity index (χ1n) is 8.64. The van der Waals surface area contributed by atoms with Crippen molar-refractivity contribution < 1.29 is 18.0 Å². The molecule has 1 aromatic carbocycles. The Labute approximate surface area is 164 Å². The predicted molar refractivity (Wildman–Crippen MR) is 100 cm³/mol. The lowest BCUT2D eigenvalue weighted by molar-refractivity contribution is -0.137. The molecular formula is C18H19ClF3N3OS. The number of benzene rings is 1. The number of hydrogen-bond donors (Lipinski definition) is 2. The highest BCUT2D eigenvalue weighted by molar-refractivity contribution is 7.13. The van der Waals surface area contributed by atoms with Gasteiger partial charge in [0.05, 0.1) is 16.1 Å². The second kappa shape index (κ2) is 8.48. The minimum atomic E-state index is -4.51. The number of carbonyl (C=O) groups excluding carboxylic acids is 1. The molecule has 2 aromatic rings. The van der Waals surface area contributed by atoms with E-state index in [9.17, 15) is 18.0 Å². The van der Waals surface area contributed by atoms with Crippen LogP contribution in [0.5, 0.6) is 0 Å². The molecule has 0 radical (unpaired) electrons. The highest BCUT2D eigenvalue weighted by atomic mass is 35.5. The maximum absolute atomic E-state index is 12.9. The summed E-state index contributed by atoms with van der Waals surface area (Å²) < 4.78 is 38.6. The summed E-state index contributed by atoms with van der Waals surface area (Å²) in [5.41, 5.74) is -1.02. The van der Waals surface area contributed by atoms with Gasteiger partial charge in [0, 0.05) is 24.2 Å². The van der Waals surface area contributed by atoms with Crippen molar-refractivity contribution in [1.29, 1.82) is 0 Å². The number of alkyl halides is 3. The fraction of sp³-hybridized carbons (Fsp3) is 0.444. The minimum Gasteiger partial charge on any atom is -0.361 e. The molecule has 1 saturated carbocycles. The molecule has 146 valence electrons. The first kappa shape index (κ1) is 19.9. The van der Waals surface area contributed by atoms with Crippen LogP contribution in [-0.2, 0) is 6.18 Å². The molecule has 3 rings (SSSR count). The third kappa shape index (κ3) is 5.35. The summed E-state index contributed by atoms with van der Waals surface area (Å²) in [6.07, 6.45) is 0.665. The fourth-order valence-corrected chi connectivity index (χ4v) is 3.93. The summed E-state index contributed by atoms with van der Waals surface area (Å²) in [5.74, 6) is -0.0744. The third-order valence-corrected chi connectivity index (χ3v) is 5.75. The molecule has 0 saturated heterocycles. The van der Waals surface area contributed by atoms with Crippen LogP contribution in [0.25, 0.3) is 0 Å². The second-order valence-corrected chi connectivity index (χ2v) is 7.90. The Hall–Kier alpha value is -1.80. The number of carbonyl (C=O) groups is 1. The number of nitrogens with zero attached hydrogens (tertiary/aromatic N) is 1. The third-order valence-electron chi connectivity index (χ3n) is 4.69. The van der Waals surface area contributed by atoms with Crippen LogP contribution in [0.3, 0.4) is 0 Å². The lowest BCUT2D eigenvalue weighted by Crippen LogP contribution is -2.38. The molecule has 9 heteroatoms. The molecule has 27 heavy (non-hydrogen) atoms. The van der Waals surface area contributed by atoms with Gasteiger partial charge in [-0.15, -0.1) is 11.3 Å². The Kier molecular flexibility index (Phi) is 6.26. The second-order valence-electron chi connectivity index (χ2n) is 6.60. The van der Waals surface area contributed by atoms with Crippen LogP contribution in [0.4, 0.5) is 18.3 Å². The molecule has 0 spiro atoms.